The van der Waals surface area contributed by atoms with Gasteiger partial charge in [0.2, 0.25) is 0 Å². The number of furan rings is 1. The average molecular weight is 343 g/mol. The second kappa shape index (κ2) is 6.63. The first kappa shape index (κ1) is 16.3. The summed E-state index contributed by atoms with van der Waals surface area (Å²) in [6, 6.07) is 2.90. The molecule has 0 unspecified atom stereocenters. The van der Waals surface area contributed by atoms with Crippen LogP contribution < -0.4 is 5.32 Å². The Bertz CT molecular complexity index is 752. The van der Waals surface area contributed by atoms with E-state index in [0.29, 0.717) is 17.6 Å². The van der Waals surface area contributed by atoms with E-state index >= 15 is 0 Å². The first-order valence-corrected chi connectivity index (χ1v) is 9.14. The van der Waals surface area contributed by atoms with E-state index in [1.165, 1.54) is 6.42 Å². The van der Waals surface area contributed by atoms with Crippen LogP contribution in [0.2, 0.25) is 0 Å². The van der Waals surface area contributed by atoms with Gasteiger partial charge in [0, 0.05) is 44.3 Å². The Balaban J connectivity index is 1.42. The molecule has 0 radical (unpaired) electrons. The predicted octanol–water partition coefficient (Wildman–Crippen LogP) is 1.90. The molecular weight excluding hydrogens is 318 g/mol. The summed E-state index contributed by atoms with van der Waals surface area (Å²) in [7, 11) is 1.89. The van der Waals surface area contributed by atoms with Crippen molar-refractivity contribution in [2.45, 2.75) is 63.7 Å². The van der Waals surface area contributed by atoms with Gasteiger partial charge in [-0.15, -0.1) is 5.10 Å². The smallest absolute Gasteiger partial charge is 0.255 e. The van der Waals surface area contributed by atoms with Gasteiger partial charge in [-0.2, -0.15) is 0 Å². The lowest BCUT2D eigenvalue weighted by Gasteiger charge is -2.24. The fraction of sp³-hybridized carbons (Fsp3) is 0.611. The van der Waals surface area contributed by atoms with E-state index in [2.05, 4.69) is 27.5 Å². The topological polar surface area (TPSA) is 76.2 Å². The standard InChI is InChI=1S/C18H25N5O2/c1-3-4-17-14(7-8-25-17)18(24)19-15-9-13-5-6-16(15)23(13)11-12-10-22(2)21-20-12/h7-8,10,13,15-16H,3-6,9,11H2,1-2H3,(H,19,24)/t13-,15+,16+/m1/s1. The van der Waals surface area contributed by atoms with E-state index in [4.69, 9.17) is 4.42 Å². The number of aryl methyl sites for hydroxylation is 2. The minimum Gasteiger partial charge on any atom is -0.469 e. The summed E-state index contributed by atoms with van der Waals surface area (Å²) in [5.74, 6) is 0.786. The molecule has 2 aromatic heterocycles. The molecule has 2 fully saturated rings. The Morgan fingerprint density at radius 3 is 3.08 bits per heavy atom. The van der Waals surface area contributed by atoms with Gasteiger partial charge in [-0.3, -0.25) is 14.4 Å². The minimum atomic E-state index is -0.00537. The number of fused-ring (bicyclic) bond motifs is 2. The molecule has 2 bridgehead atoms. The Kier molecular flexibility index (Phi) is 4.33. The number of amides is 1. The van der Waals surface area contributed by atoms with Crippen molar-refractivity contribution in [3.05, 3.63) is 35.5 Å². The molecule has 7 heteroatoms. The van der Waals surface area contributed by atoms with Gasteiger partial charge in [-0.25, -0.2) is 0 Å². The van der Waals surface area contributed by atoms with Crippen LogP contribution in [0.3, 0.4) is 0 Å². The van der Waals surface area contributed by atoms with Gasteiger partial charge in [0.25, 0.3) is 5.91 Å². The number of hydrogen-bond donors (Lipinski definition) is 1. The minimum absolute atomic E-state index is 0.00537. The summed E-state index contributed by atoms with van der Waals surface area (Å²) >= 11 is 0. The van der Waals surface area contributed by atoms with Crippen molar-refractivity contribution in [3.63, 3.8) is 0 Å². The third-order valence-corrected chi connectivity index (χ3v) is 5.46. The Hall–Kier alpha value is -2.15. The SMILES string of the molecule is CCCc1occc1C(=O)N[C@H]1C[C@H]2CC[C@@H]1N2Cc1cn(C)nn1. The molecule has 4 heterocycles. The second-order valence-corrected chi connectivity index (χ2v) is 7.18. The highest BCUT2D eigenvalue weighted by Gasteiger charge is 2.46. The zero-order valence-corrected chi connectivity index (χ0v) is 14.8. The van der Waals surface area contributed by atoms with Gasteiger partial charge < -0.3 is 9.73 Å². The summed E-state index contributed by atoms with van der Waals surface area (Å²) in [5.41, 5.74) is 1.68. The number of nitrogens with zero attached hydrogens (tertiary/aromatic N) is 4. The molecule has 0 saturated carbocycles. The normalized spacial score (nSPS) is 25.6. The van der Waals surface area contributed by atoms with E-state index in [0.717, 1.165) is 43.7 Å². The van der Waals surface area contributed by atoms with E-state index in [1.54, 1.807) is 17.0 Å². The molecule has 2 saturated heterocycles. The zero-order chi connectivity index (χ0) is 17.4. The van der Waals surface area contributed by atoms with Crippen molar-refractivity contribution in [1.82, 2.24) is 25.2 Å². The van der Waals surface area contributed by atoms with Crippen LogP contribution >= 0.6 is 0 Å². The van der Waals surface area contributed by atoms with Crippen molar-refractivity contribution in [3.8, 4) is 0 Å². The van der Waals surface area contributed by atoms with E-state index < -0.39 is 0 Å². The lowest BCUT2D eigenvalue weighted by molar-refractivity contribution is 0.0923. The van der Waals surface area contributed by atoms with Crippen LogP contribution in [0.4, 0.5) is 0 Å². The van der Waals surface area contributed by atoms with Gasteiger partial charge in [-0.05, 0) is 31.7 Å². The maximum Gasteiger partial charge on any atom is 0.255 e. The number of carbonyl (C=O) groups is 1. The van der Waals surface area contributed by atoms with Gasteiger partial charge in [-0.1, -0.05) is 12.1 Å². The lowest BCUT2D eigenvalue weighted by atomic mass is 9.95. The van der Waals surface area contributed by atoms with Crippen LogP contribution in [0.5, 0.6) is 0 Å². The van der Waals surface area contributed by atoms with Gasteiger partial charge in [0.05, 0.1) is 17.5 Å². The maximum atomic E-state index is 12.7. The first-order chi connectivity index (χ1) is 12.2. The molecule has 1 N–H and O–H groups in total. The Morgan fingerprint density at radius 1 is 1.44 bits per heavy atom. The van der Waals surface area contributed by atoms with E-state index in [-0.39, 0.29) is 11.9 Å². The van der Waals surface area contributed by atoms with Crippen LogP contribution in [-0.2, 0) is 20.0 Å². The largest absolute Gasteiger partial charge is 0.469 e. The number of nitrogens with one attached hydrogen (secondary N) is 1. The number of rotatable bonds is 6. The summed E-state index contributed by atoms with van der Waals surface area (Å²) < 4.78 is 7.20. The molecule has 1 amide bonds. The fourth-order valence-corrected chi connectivity index (χ4v) is 4.37. The molecule has 2 aliphatic heterocycles. The van der Waals surface area contributed by atoms with Crippen molar-refractivity contribution in [2.24, 2.45) is 7.05 Å². The molecule has 4 rings (SSSR count). The van der Waals surface area contributed by atoms with Crippen LogP contribution in [-0.4, -0.2) is 43.9 Å². The summed E-state index contributed by atoms with van der Waals surface area (Å²) in [6.07, 6.45) is 8.68. The Labute approximate surface area is 147 Å². The van der Waals surface area contributed by atoms with Gasteiger partial charge >= 0.3 is 0 Å². The second-order valence-electron chi connectivity index (χ2n) is 7.18. The highest BCUT2D eigenvalue weighted by Crippen LogP contribution is 2.38. The summed E-state index contributed by atoms with van der Waals surface area (Å²) in [6.45, 7) is 2.90. The van der Waals surface area contributed by atoms with Crippen LogP contribution in [0.15, 0.2) is 22.9 Å². The van der Waals surface area contributed by atoms with Gasteiger partial charge in [0.15, 0.2) is 0 Å². The summed E-state index contributed by atoms with van der Waals surface area (Å²) in [5, 5.41) is 11.5. The molecule has 0 spiro atoms. The Morgan fingerprint density at radius 2 is 2.32 bits per heavy atom. The predicted molar refractivity (Wildman–Crippen MR) is 91.9 cm³/mol. The van der Waals surface area contributed by atoms with E-state index in [9.17, 15) is 4.79 Å². The third-order valence-electron chi connectivity index (χ3n) is 5.46. The van der Waals surface area contributed by atoms with Crippen molar-refractivity contribution >= 4 is 5.91 Å². The van der Waals surface area contributed by atoms with Crippen LogP contribution in [0.25, 0.3) is 0 Å². The zero-order valence-electron chi connectivity index (χ0n) is 14.8. The van der Waals surface area contributed by atoms with Crippen molar-refractivity contribution in [2.75, 3.05) is 0 Å². The molecule has 7 nitrogen and oxygen atoms in total. The van der Waals surface area contributed by atoms with Crippen molar-refractivity contribution in [1.29, 1.82) is 0 Å². The molecule has 134 valence electrons. The molecule has 0 aliphatic carbocycles. The van der Waals surface area contributed by atoms with Crippen LogP contribution in [0, 0.1) is 0 Å². The number of carbonyl (C=O) groups excluding carboxylic acids is 1. The first-order valence-electron chi connectivity index (χ1n) is 9.14. The van der Waals surface area contributed by atoms with E-state index in [1.807, 2.05) is 13.2 Å². The highest BCUT2D eigenvalue weighted by atomic mass is 16.3. The number of aromatic nitrogens is 3. The molecular formula is C18H25N5O2. The average Bonchev–Trinajstić information content (AvgIpc) is 3.34. The lowest BCUT2D eigenvalue weighted by Crippen LogP contribution is -2.43. The third kappa shape index (κ3) is 3.08. The molecule has 3 atom stereocenters. The monoisotopic (exact) mass is 343 g/mol. The molecule has 2 aliphatic rings. The van der Waals surface area contributed by atoms with Gasteiger partial charge in [0.1, 0.15) is 5.76 Å². The molecule has 0 aromatic carbocycles. The summed E-state index contributed by atoms with van der Waals surface area (Å²) in [4.78, 5) is 15.2. The number of hydrogen-bond acceptors (Lipinski definition) is 5. The quantitative estimate of drug-likeness (QED) is 0.867. The fourth-order valence-electron chi connectivity index (χ4n) is 4.37. The van der Waals surface area contributed by atoms with Crippen LogP contribution in [0.1, 0.15) is 54.4 Å². The molecule has 2 aromatic rings. The van der Waals surface area contributed by atoms with Crippen molar-refractivity contribution < 1.29 is 9.21 Å². The highest BCUT2D eigenvalue weighted by molar-refractivity contribution is 5.95. The maximum absolute atomic E-state index is 12.7. The molecule has 25 heavy (non-hydrogen) atoms.